The number of nitrogens with zero attached hydrogens (tertiary/aromatic N) is 1. The quantitative estimate of drug-likeness (QED) is 0.635. The predicted octanol–water partition coefficient (Wildman–Crippen LogP) is 2.74. The number of hydrogen-bond acceptors (Lipinski definition) is 2. The van der Waals surface area contributed by atoms with Gasteiger partial charge in [-0.3, -0.25) is 0 Å². The van der Waals surface area contributed by atoms with Crippen LogP contribution in [0, 0.1) is 5.92 Å². The molecule has 2 heteroatoms. The van der Waals surface area contributed by atoms with Gasteiger partial charge in [-0.2, -0.15) is 0 Å². The molecule has 15 heavy (non-hydrogen) atoms. The molecule has 0 aromatic carbocycles. The Morgan fingerprint density at radius 1 is 1.07 bits per heavy atom. The Labute approximate surface area is 96.4 Å². The van der Waals surface area contributed by atoms with Crippen LogP contribution in [0.3, 0.4) is 0 Å². The minimum atomic E-state index is 0.662. The van der Waals surface area contributed by atoms with E-state index in [2.05, 4.69) is 44.8 Å². The fourth-order valence-corrected chi connectivity index (χ4v) is 1.82. The third-order valence-electron chi connectivity index (χ3n) is 3.34. The molecule has 2 nitrogen and oxygen atoms in total. The first-order valence-electron chi connectivity index (χ1n) is 6.65. The highest BCUT2D eigenvalue weighted by Crippen LogP contribution is 2.09. The van der Waals surface area contributed by atoms with Crippen LogP contribution >= 0.6 is 0 Å². The standard InChI is InChI=1S/C13H30N2/c1-6-10-14-13(12(5)7-2)11-15(8-3)9-4/h12-14H,6-11H2,1-5H3. The number of rotatable bonds is 9. The van der Waals surface area contributed by atoms with Crippen molar-refractivity contribution in [2.24, 2.45) is 5.92 Å². The second-order valence-electron chi connectivity index (χ2n) is 4.43. The highest BCUT2D eigenvalue weighted by molar-refractivity contribution is 4.76. The normalized spacial score (nSPS) is 15.6. The van der Waals surface area contributed by atoms with E-state index in [4.69, 9.17) is 0 Å². The summed E-state index contributed by atoms with van der Waals surface area (Å²) >= 11 is 0. The summed E-state index contributed by atoms with van der Waals surface area (Å²) in [5.74, 6) is 0.775. The van der Waals surface area contributed by atoms with E-state index >= 15 is 0 Å². The van der Waals surface area contributed by atoms with Gasteiger partial charge >= 0.3 is 0 Å². The lowest BCUT2D eigenvalue weighted by Crippen LogP contribution is -2.45. The van der Waals surface area contributed by atoms with Gasteiger partial charge in [-0.05, 0) is 32.0 Å². The molecule has 0 radical (unpaired) electrons. The lowest BCUT2D eigenvalue weighted by Gasteiger charge is -2.30. The van der Waals surface area contributed by atoms with Crippen molar-refractivity contribution >= 4 is 0 Å². The van der Waals surface area contributed by atoms with Gasteiger partial charge in [-0.1, -0.05) is 41.0 Å². The molecule has 0 amide bonds. The highest BCUT2D eigenvalue weighted by Gasteiger charge is 2.16. The number of hydrogen-bond donors (Lipinski definition) is 1. The third kappa shape index (κ3) is 6.16. The summed E-state index contributed by atoms with van der Waals surface area (Å²) in [6.07, 6.45) is 2.49. The summed E-state index contributed by atoms with van der Waals surface area (Å²) in [4.78, 5) is 2.51. The Kier molecular flexibility index (Phi) is 9.12. The smallest absolute Gasteiger partial charge is 0.0220 e. The molecule has 0 saturated carbocycles. The molecule has 0 aliphatic heterocycles. The van der Waals surface area contributed by atoms with Crippen LogP contribution in [0.25, 0.3) is 0 Å². The lowest BCUT2D eigenvalue weighted by molar-refractivity contribution is 0.226. The van der Waals surface area contributed by atoms with Gasteiger partial charge in [0, 0.05) is 12.6 Å². The first kappa shape index (κ1) is 14.9. The molecule has 92 valence electrons. The molecular formula is C13H30N2. The van der Waals surface area contributed by atoms with Crippen molar-refractivity contribution in [2.75, 3.05) is 26.2 Å². The molecule has 0 aromatic rings. The van der Waals surface area contributed by atoms with E-state index in [1.165, 1.54) is 19.4 Å². The van der Waals surface area contributed by atoms with Gasteiger partial charge in [0.05, 0.1) is 0 Å². The molecule has 0 bridgehead atoms. The van der Waals surface area contributed by atoms with Crippen LogP contribution in [0.4, 0.5) is 0 Å². The van der Waals surface area contributed by atoms with Crippen molar-refractivity contribution in [3.05, 3.63) is 0 Å². The Morgan fingerprint density at radius 3 is 2.07 bits per heavy atom. The largest absolute Gasteiger partial charge is 0.312 e. The maximum Gasteiger partial charge on any atom is 0.0220 e. The van der Waals surface area contributed by atoms with Gasteiger partial charge in [-0.25, -0.2) is 0 Å². The summed E-state index contributed by atoms with van der Waals surface area (Å²) in [5, 5.41) is 3.68. The topological polar surface area (TPSA) is 15.3 Å². The van der Waals surface area contributed by atoms with E-state index in [1.54, 1.807) is 0 Å². The number of nitrogens with one attached hydrogen (secondary N) is 1. The van der Waals surface area contributed by atoms with Crippen LogP contribution in [0.5, 0.6) is 0 Å². The summed E-state index contributed by atoms with van der Waals surface area (Å²) in [5.41, 5.74) is 0. The summed E-state index contributed by atoms with van der Waals surface area (Å²) in [6, 6.07) is 0.662. The molecule has 0 fully saturated rings. The van der Waals surface area contributed by atoms with E-state index in [0.717, 1.165) is 25.6 Å². The van der Waals surface area contributed by atoms with Gasteiger partial charge in [0.2, 0.25) is 0 Å². The molecule has 0 aliphatic rings. The van der Waals surface area contributed by atoms with Crippen molar-refractivity contribution in [3.8, 4) is 0 Å². The lowest BCUT2D eigenvalue weighted by atomic mass is 9.98. The average Bonchev–Trinajstić information content (AvgIpc) is 2.28. The molecule has 0 rings (SSSR count). The molecule has 0 saturated heterocycles. The van der Waals surface area contributed by atoms with Crippen molar-refractivity contribution in [3.63, 3.8) is 0 Å². The average molecular weight is 214 g/mol. The van der Waals surface area contributed by atoms with E-state index in [9.17, 15) is 0 Å². The van der Waals surface area contributed by atoms with Crippen LogP contribution in [-0.4, -0.2) is 37.1 Å². The van der Waals surface area contributed by atoms with E-state index in [0.29, 0.717) is 6.04 Å². The zero-order valence-corrected chi connectivity index (χ0v) is 11.3. The molecule has 0 aromatic heterocycles. The van der Waals surface area contributed by atoms with Gasteiger partial charge in [0.25, 0.3) is 0 Å². The summed E-state index contributed by atoms with van der Waals surface area (Å²) < 4.78 is 0. The second-order valence-corrected chi connectivity index (χ2v) is 4.43. The monoisotopic (exact) mass is 214 g/mol. The van der Waals surface area contributed by atoms with Gasteiger partial charge in [-0.15, -0.1) is 0 Å². The molecule has 1 N–H and O–H groups in total. The Hall–Kier alpha value is -0.0800. The van der Waals surface area contributed by atoms with E-state index < -0.39 is 0 Å². The van der Waals surface area contributed by atoms with Crippen LogP contribution in [0.1, 0.15) is 47.5 Å². The molecule has 2 unspecified atom stereocenters. The molecule has 0 heterocycles. The maximum absolute atomic E-state index is 3.68. The van der Waals surface area contributed by atoms with Crippen LogP contribution in [-0.2, 0) is 0 Å². The minimum Gasteiger partial charge on any atom is -0.312 e. The Balaban J connectivity index is 4.09. The molecule has 2 atom stereocenters. The van der Waals surface area contributed by atoms with Crippen molar-refractivity contribution in [1.29, 1.82) is 0 Å². The molecule has 0 spiro atoms. The SMILES string of the molecule is CCCNC(CN(CC)CC)C(C)CC. The summed E-state index contributed by atoms with van der Waals surface area (Å²) in [7, 11) is 0. The first-order valence-corrected chi connectivity index (χ1v) is 6.65. The Morgan fingerprint density at radius 2 is 1.67 bits per heavy atom. The molecular weight excluding hydrogens is 184 g/mol. The summed E-state index contributed by atoms with van der Waals surface area (Å²) in [6.45, 7) is 16.0. The van der Waals surface area contributed by atoms with Gasteiger partial charge in [0.1, 0.15) is 0 Å². The van der Waals surface area contributed by atoms with Crippen LogP contribution in [0.15, 0.2) is 0 Å². The van der Waals surface area contributed by atoms with Gasteiger partial charge in [0.15, 0.2) is 0 Å². The Bertz CT molecular complexity index is 132. The van der Waals surface area contributed by atoms with E-state index in [1.807, 2.05) is 0 Å². The zero-order chi connectivity index (χ0) is 11.7. The zero-order valence-electron chi connectivity index (χ0n) is 11.3. The minimum absolute atomic E-state index is 0.662. The fraction of sp³-hybridized carbons (Fsp3) is 1.00. The second kappa shape index (κ2) is 9.17. The first-order chi connectivity index (χ1) is 7.19. The van der Waals surface area contributed by atoms with Gasteiger partial charge < -0.3 is 10.2 Å². The van der Waals surface area contributed by atoms with Crippen molar-refractivity contribution in [1.82, 2.24) is 10.2 Å². The van der Waals surface area contributed by atoms with Crippen LogP contribution in [0.2, 0.25) is 0 Å². The maximum atomic E-state index is 3.68. The highest BCUT2D eigenvalue weighted by atomic mass is 15.1. The van der Waals surface area contributed by atoms with Crippen molar-refractivity contribution in [2.45, 2.75) is 53.5 Å². The van der Waals surface area contributed by atoms with E-state index in [-0.39, 0.29) is 0 Å². The number of likely N-dealkylation sites (N-methyl/N-ethyl adjacent to an activating group) is 1. The fourth-order valence-electron chi connectivity index (χ4n) is 1.82. The predicted molar refractivity (Wildman–Crippen MR) is 69.3 cm³/mol. The third-order valence-corrected chi connectivity index (χ3v) is 3.34. The molecule has 0 aliphatic carbocycles. The van der Waals surface area contributed by atoms with Crippen molar-refractivity contribution < 1.29 is 0 Å². The van der Waals surface area contributed by atoms with Crippen LogP contribution < -0.4 is 5.32 Å².